The first kappa shape index (κ1) is 24.2. The predicted molar refractivity (Wildman–Crippen MR) is 134 cm³/mol. The van der Waals surface area contributed by atoms with E-state index in [9.17, 15) is 13.2 Å². The molecule has 1 N–H and O–H groups in total. The van der Waals surface area contributed by atoms with Gasteiger partial charge in [0.25, 0.3) is 0 Å². The molecule has 0 spiro atoms. The molecule has 1 unspecified atom stereocenters. The van der Waals surface area contributed by atoms with Crippen molar-refractivity contribution in [2.45, 2.75) is 30.5 Å². The summed E-state index contributed by atoms with van der Waals surface area (Å²) in [7, 11) is -3.69. The van der Waals surface area contributed by atoms with Crippen molar-refractivity contribution in [2.75, 3.05) is 15.9 Å². The zero-order chi connectivity index (χ0) is 23.3. The number of carbonyl (C=O) groups is 1. The summed E-state index contributed by atoms with van der Waals surface area (Å²) >= 11 is 7.66. The highest BCUT2D eigenvalue weighted by atomic mass is 35.5. The number of amides is 1. The van der Waals surface area contributed by atoms with Gasteiger partial charge >= 0.3 is 0 Å². The Bertz CT molecular complexity index is 1180. The van der Waals surface area contributed by atoms with Crippen molar-refractivity contribution in [3.05, 3.63) is 88.9 Å². The monoisotopic (exact) mass is 488 g/mol. The SMILES string of the molecule is Cc1cc(CSc2ccccc2)ccc1NC(=O)C(C)N(c1ccc(Cl)cc1)S(C)(=O)=O. The van der Waals surface area contributed by atoms with Crippen LogP contribution in [0.4, 0.5) is 11.4 Å². The average molecular weight is 489 g/mol. The van der Waals surface area contributed by atoms with Gasteiger partial charge in [-0.25, -0.2) is 8.42 Å². The Morgan fingerprint density at radius 2 is 1.72 bits per heavy atom. The number of aryl methyl sites for hydroxylation is 1. The van der Waals surface area contributed by atoms with Crippen LogP contribution in [0, 0.1) is 6.92 Å². The molecular formula is C24H25ClN2O3S2. The highest BCUT2D eigenvalue weighted by molar-refractivity contribution is 7.98. The van der Waals surface area contributed by atoms with Crippen molar-refractivity contribution in [3.63, 3.8) is 0 Å². The molecule has 3 aromatic carbocycles. The van der Waals surface area contributed by atoms with E-state index in [0.717, 1.165) is 27.4 Å². The largest absolute Gasteiger partial charge is 0.324 e. The van der Waals surface area contributed by atoms with Crippen molar-refractivity contribution in [3.8, 4) is 0 Å². The van der Waals surface area contributed by atoms with Crippen LogP contribution >= 0.6 is 23.4 Å². The van der Waals surface area contributed by atoms with Gasteiger partial charge in [0.15, 0.2) is 0 Å². The molecule has 5 nitrogen and oxygen atoms in total. The lowest BCUT2D eigenvalue weighted by Crippen LogP contribution is -2.45. The molecule has 0 fully saturated rings. The second-order valence-corrected chi connectivity index (χ2v) is 10.8. The Labute approximate surface area is 198 Å². The number of nitrogens with zero attached hydrogens (tertiary/aromatic N) is 1. The molecule has 0 heterocycles. The summed E-state index contributed by atoms with van der Waals surface area (Å²) in [4.78, 5) is 14.1. The molecule has 0 aromatic heterocycles. The number of hydrogen-bond acceptors (Lipinski definition) is 4. The lowest BCUT2D eigenvalue weighted by Gasteiger charge is -2.28. The molecule has 0 saturated carbocycles. The summed E-state index contributed by atoms with van der Waals surface area (Å²) in [5.41, 5.74) is 3.08. The molecule has 32 heavy (non-hydrogen) atoms. The lowest BCUT2D eigenvalue weighted by molar-refractivity contribution is -0.116. The van der Waals surface area contributed by atoms with Crippen LogP contribution in [0.15, 0.2) is 77.7 Å². The third kappa shape index (κ3) is 6.28. The molecule has 0 saturated heterocycles. The van der Waals surface area contributed by atoms with Gasteiger partial charge in [-0.2, -0.15) is 0 Å². The van der Waals surface area contributed by atoms with Gasteiger partial charge < -0.3 is 5.32 Å². The number of carbonyl (C=O) groups excluding carboxylic acids is 1. The quantitative estimate of drug-likeness (QED) is 0.411. The van der Waals surface area contributed by atoms with Gasteiger partial charge in [-0.1, -0.05) is 41.9 Å². The van der Waals surface area contributed by atoms with E-state index >= 15 is 0 Å². The third-order valence-corrected chi connectivity index (χ3v) is 7.44. The summed E-state index contributed by atoms with van der Waals surface area (Å²) in [6.07, 6.45) is 1.08. The van der Waals surface area contributed by atoms with Crippen molar-refractivity contribution in [2.24, 2.45) is 0 Å². The van der Waals surface area contributed by atoms with Gasteiger partial charge in [-0.15, -0.1) is 11.8 Å². The highest BCUT2D eigenvalue weighted by Crippen LogP contribution is 2.26. The zero-order valence-electron chi connectivity index (χ0n) is 18.1. The molecule has 0 aliphatic rings. The average Bonchev–Trinajstić information content (AvgIpc) is 2.75. The van der Waals surface area contributed by atoms with Gasteiger partial charge in [-0.05, 0) is 67.4 Å². The Morgan fingerprint density at radius 3 is 2.31 bits per heavy atom. The van der Waals surface area contributed by atoms with Crippen molar-refractivity contribution in [1.82, 2.24) is 0 Å². The fraction of sp³-hybridized carbons (Fsp3) is 0.208. The number of anilines is 2. The van der Waals surface area contributed by atoms with Gasteiger partial charge in [0.2, 0.25) is 15.9 Å². The highest BCUT2D eigenvalue weighted by Gasteiger charge is 2.29. The third-order valence-electron chi connectivity index (χ3n) is 4.87. The maximum atomic E-state index is 12.9. The molecule has 3 aromatic rings. The zero-order valence-corrected chi connectivity index (χ0v) is 20.5. The van der Waals surface area contributed by atoms with E-state index in [2.05, 4.69) is 17.4 Å². The molecule has 3 rings (SSSR count). The first-order valence-electron chi connectivity index (χ1n) is 9.98. The Morgan fingerprint density at radius 1 is 1.06 bits per heavy atom. The summed E-state index contributed by atoms with van der Waals surface area (Å²) in [5.74, 6) is 0.397. The first-order chi connectivity index (χ1) is 15.1. The van der Waals surface area contributed by atoms with Crippen LogP contribution in [0.25, 0.3) is 0 Å². The maximum Gasteiger partial charge on any atom is 0.248 e. The summed E-state index contributed by atoms with van der Waals surface area (Å²) in [6, 6.07) is 21.4. The molecule has 0 aliphatic heterocycles. The first-order valence-corrected chi connectivity index (χ1v) is 13.2. The van der Waals surface area contributed by atoms with Crippen LogP contribution in [0.3, 0.4) is 0 Å². The number of hydrogen-bond donors (Lipinski definition) is 1. The molecule has 8 heteroatoms. The van der Waals surface area contributed by atoms with Crippen LogP contribution in [0.2, 0.25) is 5.02 Å². The van der Waals surface area contributed by atoms with Crippen LogP contribution in [-0.2, 0) is 20.6 Å². The number of sulfonamides is 1. The molecule has 1 atom stereocenters. The van der Waals surface area contributed by atoms with Crippen molar-refractivity contribution in [1.29, 1.82) is 0 Å². The van der Waals surface area contributed by atoms with Gasteiger partial charge in [0.1, 0.15) is 6.04 Å². The second kappa shape index (κ2) is 10.4. The summed E-state index contributed by atoms with van der Waals surface area (Å²) < 4.78 is 25.9. The van der Waals surface area contributed by atoms with Crippen molar-refractivity contribution < 1.29 is 13.2 Å². The number of nitrogens with one attached hydrogen (secondary N) is 1. The van der Waals surface area contributed by atoms with Gasteiger partial charge in [-0.3, -0.25) is 9.10 Å². The molecule has 168 valence electrons. The molecule has 0 radical (unpaired) electrons. The fourth-order valence-corrected chi connectivity index (χ4v) is 5.44. The van der Waals surface area contributed by atoms with Crippen molar-refractivity contribution >= 4 is 50.7 Å². The van der Waals surface area contributed by atoms with E-state index in [1.54, 1.807) is 43.0 Å². The van der Waals surface area contributed by atoms with E-state index in [0.29, 0.717) is 16.4 Å². The Hall–Kier alpha value is -2.48. The van der Waals surface area contributed by atoms with Crippen LogP contribution < -0.4 is 9.62 Å². The second-order valence-electron chi connectivity index (χ2n) is 7.45. The van der Waals surface area contributed by atoms with E-state index in [1.165, 1.54) is 4.90 Å². The Kier molecular flexibility index (Phi) is 7.87. The molecule has 0 bridgehead atoms. The van der Waals surface area contributed by atoms with Gasteiger partial charge in [0.05, 0.1) is 11.9 Å². The lowest BCUT2D eigenvalue weighted by atomic mass is 10.1. The molecule has 0 aliphatic carbocycles. The minimum Gasteiger partial charge on any atom is -0.324 e. The van der Waals surface area contributed by atoms with Crippen LogP contribution in [-0.4, -0.2) is 26.6 Å². The minimum atomic E-state index is -3.69. The minimum absolute atomic E-state index is 0.379. The van der Waals surface area contributed by atoms with Gasteiger partial charge in [0, 0.05) is 21.4 Å². The smallest absolute Gasteiger partial charge is 0.248 e. The van der Waals surface area contributed by atoms with Crippen LogP contribution in [0.5, 0.6) is 0 Å². The normalized spacial score (nSPS) is 12.2. The summed E-state index contributed by atoms with van der Waals surface area (Å²) in [5, 5.41) is 3.35. The molecular weight excluding hydrogens is 464 g/mol. The summed E-state index contributed by atoms with van der Waals surface area (Å²) in [6.45, 7) is 3.48. The Balaban J connectivity index is 1.72. The topological polar surface area (TPSA) is 66.5 Å². The maximum absolute atomic E-state index is 12.9. The van der Waals surface area contributed by atoms with E-state index in [4.69, 9.17) is 11.6 Å². The number of benzene rings is 3. The standard InChI is InChI=1S/C24H25ClN2O3S2/c1-17-15-19(16-31-22-7-5-4-6-8-22)9-14-23(17)26-24(28)18(2)27(32(3,29)30)21-12-10-20(25)11-13-21/h4-15,18H,16H2,1-3H3,(H,26,28). The van der Waals surface area contributed by atoms with E-state index in [1.807, 2.05) is 43.3 Å². The fourth-order valence-electron chi connectivity index (χ4n) is 3.27. The van der Waals surface area contributed by atoms with E-state index < -0.39 is 22.0 Å². The van der Waals surface area contributed by atoms with Crippen LogP contribution in [0.1, 0.15) is 18.1 Å². The number of rotatable bonds is 8. The van der Waals surface area contributed by atoms with E-state index in [-0.39, 0.29) is 0 Å². The molecule has 1 amide bonds. The predicted octanol–water partition coefficient (Wildman–Crippen LogP) is 5.73. The number of thioether (sulfide) groups is 1. The number of halogens is 1.